The third-order valence-corrected chi connectivity index (χ3v) is 13.9. The molecule has 4 N–H and O–H groups in total. The number of aromatic nitrogens is 1. The number of aliphatic hydroxyl groups excluding tert-OH is 1. The number of allylic oxidation sites excluding steroid dienone is 2. The van der Waals surface area contributed by atoms with Crippen LogP contribution in [0.15, 0.2) is 57.5 Å². The molecule has 1 amide bonds. The van der Waals surface area contributed by atoms with E-state index < -0.39 is 58.9 Å². The normalized spacial score (nSPS) is 29.7. The first-order valence-electron chi connectivity index (χ1n) is 22.6. The van der Waals surface area contributed by atoms with Gasteiger partial charge < -0.3 is 48.7 Å². The second kappa shape index (κ2) is 19.1. The van der Waals surface area contributed by atoms with Crippen LogP contribution in [0.5, 0.6) is 23.0 Å². The second-order valence-corrected chi connectivity index (χ2v) is 18.3. The molecule has 7 rings (SSSR count). The highest BCUT2D eigenvalue weighted by molar-refractivity contribution is 6.22. The summed E-state index contributed by atoms with van der Waals surface area (Å²) in [4.78, 5) is 63.1. The van der Waals surface area contributed by atoms with E-state index in [1.54, 1.807) is 25.2 Å². The number of nitrogens with one attached hydrogen (secondary N) is 1. The SMILES string of the molecule is CO[C@H]1/C=C/O[C@@]2(C)Oc3c(C)c(O)c4c(=O)c(c5oc6cc(OCCN7CCCC7)cc(O)c6nc-5c4c3C2=O)NC(=O)/C(C)=C\C=C\[C@H](C)[C@H](O)[C@@H](C)[C@@H](C)[C@@H](C)[C@H](OC(C)=O)[C@@H]1C. The van der Waals surface area contributed by atoms with Crippen LogP contribution in [0.4, 0.5) is 5.69 Å². The molecule has 2 aromatic carbocycles. The number of hydrogen-bond donors (Lipinski definition) is 4. The summed E-state index contributed by atoms with van der Waals surface area (Å²) >= 11 is 0. The number of ketones is 1. The number of likely N-dealkylation sites (tertiary alicyclic amines) is 1. The average Bonchev–Trinajstić information content (AvgIpc) is 3.90. The van der Waals surface area contributed by atoms with E-state index in [1.165, 1.54) is 52.4 Å². The summed E-state index contributed by atoms with van der Waals surface area (Å²) in [6.45, 7) is 18.3. The molecule has 1 fully saturated rings. The van der Waals surface area contributed by atoms with Gasteiger partial charge in [0.25, 0.3) is 11.7 Å². The lowest BCUT2D eigenvalue weighted by Crippen LogP contribution is -2.43. The summed E-state index contributed by atoms with van der Waals surface area (Å²) in [5, 5.41) is 37.0. The van der Waals surface area contributed by atoms with Gasteiger partial charge in [0.2, 0.25) is 5.43 Å². The molecule has 16 nitrogen and oxygen atoms in total. The van der Waals surface area contributed by atoms with Gasteiger partial charge in [-0.25, -0.2) is 4.98 Å². The Bertz CT molecular complexity index is 2660. The summed E-state index contributed by atoms with van der Waals surface area (Å²) < 4.78 is 36.6. The van der Waals surface area contributed by atoms with Gasteiger partial charge in [-0.05, 0) is 63.6 Å². The number of phenols is 2. The number of carbonyl (C=O) groups excluding carboxylic acids is 3. The third kappa shape index (κ3) is 8.97. The molecule has 66 heavy (non-hydrogen) atoms. The maximum atomic E-state index is 14.8. The number of fused-ring (bicyclic) bond motifs is 2. The fraction of sp³-hybridized carbons (Fsp3) is 0.500. The largest absolute Gasteiger partial charge is 0.507 e. The molecule has 16 heteroatoms. The van der Waals surface area contributed by atoms with Crippen LogP contribution in [0.1, 0.15) is 84.2 Å². The predicted octanol–water partition coefficient (Wildman–Crippen LogP) is 7.40. The van der Waals surface area contributed by atoms with Gasteiger partial charge in [0.05, 0.1) is 29.4 Å². The quantitative estimate of drug-likeness (QED) is 0.0842. The molecule has 0 saturated carbocycles. The molecule has 1 saturated heterocycles. The number of esters is 1. The number of benzene rings is 3. The second-order valence-electron chi connectivity index (χ2n) is 18.3. The zero-order valence-electron chi connectivity index (χ0n) is 39.2. The standard InChI is InChI=1S/C50H61N3O13/c1-24-14-13-15-25(2)49(60)52-41-44(58)37-36(40-47(41)65-35-23-32(22-33(55)39(35)51-40)62-21-19-53-17-11-12-18-53)38-46(30(7)43(37)57)66-50(9,48(38)59)63-20-16-34(61-10)29(6)45(64-31(8)54)28(5)26(3)27(4)42(24)56/h13-16,20,22-24,26-29,34,42,45,55-57H,11-12,17-19,21H2,1-10H3,(H,52,60)/b14-13+,20-16+,25-15-/t24-,26+,27-,28+,29+,34-,42-,45-,50-/m0/s1. The number of carbonyl (C=O) groups is 3. The first kappa shape index (κ1) is 48.0. The number of rotatable bonds is 6. The van der Waals surface area contributed by atoms with Crippen molar-refractivity contribution < 1.29 is 57.8 Å². The first-order chi connectivity index (χ1) is 31.3. The third-order valence-electron chi connectivity index (χ3n) is 13.9. The molecule has 0 unspecified atom stereocenters. The van der Waals surface area contributed by atoms with Crippen LogP contribution in [0, 0.1) is 36.5 Å². The van der Waals surface area contributed by atoms with Gasteiger partial charge in [0.1, 0.15) is 52.6 Å². The number of nitrogens with zero attached hydrogens (tertiary/aromatic N) is 2. The number of phenolic OH excluding ortho intramolecular Hbond substituents is 2. The van der Waals surface area contributed by atoms with Crippen LogP contribution in [0.2, 0.25) is 0 Å². The summed E-state index contributed by atoms with van der Waals surface area (Å²) in [5.41, 5.74) is -1.37. The van der Waals surface area contributed by atoms with Crippen molar-refractivity contribution in [1.29, 1.82) is 0 Å². The Kier molecular flexibility index (Phi) is 13.9. The number of amides is 1. The summed E-state index contributed by atoms with van der Waals surface area (Å²) in [6.07, 6.45) is 7.82. The fourth-order valence-corrected chi connectivity index (χ4v) is 9.46. The summed E-state index contributed by atoms with van der Waals surface area (Å²) in [7, 11) is 1.49. The van der Waals surface area contributed by atoms with Crippen LogP contribution >= 0.6 is 0 Å². The topological polar surface area (TPSA) is 216 Å². The zero-order valence-corrected chi connectivity index (χ0v) is 39.2. The highest BCUT2D eigenvalue weighted by atomic mass is 16.7. The van der Waals surface area contributed by atoms with Crippen molar-refractivity contribution in [3.05, 3.63) is 69.6 Å². The first-order valence-corrected chi connectivity index (χ1v) is 22.6. The van der Waals surface area contributed by atoms with Crippen molar-refractivity contribution in [2.24, 2.45) is 29.6 Å². The molecule has 354 valence electrons. The minimum absolute atomic E-state index is 0.00787. The number of aliphatic hydroxyl groups is 1. The lowest BCUT2D eigenvalue weighted by molar-refractivity contribution is -0.157. The number of anilines is 1. The average molecular weight is 912 g/mol. The molecule has 0 radical (unpaired) electrons. The van der Waals surface area contributed by atoms with Crippen molar-refractivity contribution in [3.8, 4) is 34.5 Å². The van der Waals surface area contributed by atoms with E-state index in [-0.39, 0.29) is 96.6 Å². The van der Waals surface area contributed by atoms with Crippen molar-refractivity contribution >= 4 is 45.2 Å². The van der Waals surface area contributed by atoms with E-state index in [1.807, 2.05) is 34.6 Å². The minimum Gasteiger partial charge on any atom is -0.507 e. The molecule has 5 aliphatic rings. The van der Waals surface area contributed by atoms with Crippen molar-refractivity contribution in [2.75, 3.05) is 38.7 Å². The molecule has 4 heterocycles. The number of ether oxygens (including phenoxy) is 5. The van der Waals surface area contributed by atoms with Gasteiger partial charge in [0, 0.05) is 68.0 Å². The monoisotopic (exact) mass is 911 g/mol. The lowest BCUT2D eigenvalue weighted by atomic mass is 9.73. The van der Waals surface area contributed by atoms with Crippen LogP contribution in [0.3, 0.4) is 0 Å². The molecule has 9 atom stereocenters. The molecule has 1 aliphatic carbocycles. The Morgan fingerprint density at radius 2 is 1.70 bits per heavy atom. The van der Waals surface area contributed by atoms with Crippen LogP contribution < -0.4 is 20.2 Å². The number of hydrogen-bond acceptors (Lipinski definition) is 15. The van der Waals surface area contributed by atoms with E-state index >= 15 is 0 Å². The predicted molar refractivity (Wildman–Crippen MR) is 247 cm³/mol. The zero-order chi connectivity index (χ0) is 47.9. The van der Waals surface area contributed by atoms with Gasteiger partial charge in [-0.3, -0.25) is 24.1 Å². The van der Waals surface area contributed by atoms with E-state index in [2.05, 4.69) is 10.2 Å². The van der Waals surface area contributed by atoms with Crippen molar-refractivity contribution in [1.82, 2.24) is 9.88 Å². The van der Waals surface area contributed by atoms with E-state index in [0.29, 0.717) is 13.2 Å². The molecule has 4 aliphatic heterocycles. The molecular weight excluding hydrogens is 851 g/mol. The maximum Gasteiger partial charge on any atom is 0.312 e. The van der Waals surface area contributed by atoms with Crippen LogP contribution in [-0.2, 0) is 23.8 Å². The lowest BCUT2D eigenvalue weighted by Gasteiger charge is -2.39. The highest BCUT2D eigenvalue weighted by Crippen LogP contribution is 2.51. The van der Waals surface area contributed by atoms with Gasteiger partial charge in [0.15, 0.2) is 11.3 Å². The Hall–Kier alpha value is -5.97. The Morgan fingerprint density at radius 3 is 2.38 bits per heavy atom. The van der Waals surface area contributed by atoms with Crippen LogP contribution in [-0.4, -0.2) is 100 Å². The summed E-state index contributed by atoms with van der Waals surface area (Å²) in [6, 6.07) is 2.91. The van der Waals surface area contributed by atoms with Gasteiger partial charge in [-0.1, -0.05) is 52.8 Å². The molecule has 2 aromatic rings. The molecular formula is C50H61N3O13. The van der Waals surface area contributed by atoms with Gasteiger partial charge >= 0.3 is 11.8 Å². The van der Waals surface area contributed by atoms with E-state index in [0.717, 1.165) is 25.9 Å². The number of aromatic hydroxyl groups is 2. The van der Waals surface area contributed by atoms with E-state index in [9.17, 15) is 34.5 Å². The number of Topliss-reactive ketones (excluding diaryl/α,β-unsaturated/α-hetero) is 1. The highest BCUT2D eigenvalue weighted by Gasteiger charge is 2.50. The van der Waals surface area contributed by atoms with Gasteiger partial charge in [-0.15, -0.1) is 0 Å². The van der Waals surface area contributed by atoms with Gasteiger partial charge in [-0.2, -0.15) is 0 Å². The fourth-order valence-electron chi connectivity index (χ4n) is 9.46. The number of methoxy groups -OCH3 is 1. The Labute approximate surface area is 383 Å². The van der Waals surface area contributed by atoms with Crippen LogP contribution in [0.25, 0.3) is 33.3 Å². The Balaban J connectivity index is 1.41. The Morgan fingerprint density at radius 1 is 0.985 bits per heavy atom. The van der Waals surface area contributed by atoms with E-state index in [4.69, 9.17) is 33.1 Å². The summed E-state index contributed by atoms with van der Waals surface area (Å²) in [5.74, 6) is -6.40. The minimum atomic E-state index is -2.05. The van der Waals surface area contributed by atoms with Crippen molar-refractivity contribution in [3.63, 3.8) is 0 Å². The molecule has 0 spiro atoms. The maximum absolute atomic E-state index is 14.8. The van der Waals surface area contributed by atoms with Crippen molar-refractivity contribution in [2.45, 2.75) is 99.3 Å². The molecule has 4 bridgehead atoms. The molecule has 0 aromatic heterocycles. The smallest absolute Gasteiger partial charge is 0.312 e.